The summed E-state index contributed by atoms with van der Waals surface area (Å²) >= 11 is 0. The van der Waals surface area contributed by atoms with E-state index >= 15 is 0 Å². The maximum absolute atomic E-state index is 12.8. The largest absolute Gasteiger partial charge is 0.416 e. The van der Waals surface area contributed by atoms with Crippen LogP contribution in [0.2, 0.25) is 0 Å². The molecule has 6 heteroatoms. The Morgan fingerprint density at radius 3 is 2.30 bits per heavy atom. The van der Waals surface area contributed by atoms with Gasteiger partial charge in [-0.05, 0) is 24.3 Å². The van der Waals surface area contributed by atoms with Gasteiger partial charge in [0, 0.05) is 16.8 Å². The number of rotatable bonds is 2. The number of nitrogen functional groups attached to an aromatic ring is 1. The predicted octanol–water partition coefficient (Wildman–Crippen LogP) is 4.41. The molecule has 0 saturated carbocycles. The van der Waals surface area contributed by atoms with E-state index in [2.05, 4.69) is 9.97 Å². The van der Waals surface area contributed by atoms with Gasteiger partial charge in [0.2, 0.25) is 0 Å². The number of nitrogens with zero attached hydrogens (tertiary/aromatic N) is 2. The van der Waals surface area contributed by atoms with E-state index in [1.807, 2.05) is 6.07 Å². The number of nitrogens with two attached hydrogens (primary N) is 1. The lowest BCUT2D eigenvalue weighted by molar-refractivity contribution is -0.137. The molecule has 3 nitrogen and oxygen atoms in total. The van der Waals surface area contributed by atoms with Gasteiger partial charge in [0.05, 0.1) is 17.0 Å². The zero-order valence-corrected chi connectivity index (χ0v) is 11.9. The topological polar surface area (TPSA) is 51.8 Å². The molecule has 0 amide bonds. The van der Waals surface area contributed by atoms with E-state index in [4.69, 9.17) is 5.73 Å². The van der Waals surface area contributed by atoms with Crippen LogP contribution in [0.25, 0.3) is 22.5 Å². The number of hydrogen-bond acceptors (Lipinski definition) is 3. The summed E-state index contributed by atoms with van der Waals surface area (Å²) in [6.07, 6.45) is -3.08. The quantitative estimate of drug-likeness (QED) is 0.713. The third-order valence-corrected chi connectivity index (χ3v) is 3.39. The molecule has 0 saturated heterocycles. The van der Waals surface area contributed by atoms with Crippen molar-refractivity contribution >= 4 is 5.69 Å². The van der Waals surface area contributed by atoms with Crippen molar-refractivity contribution in [2.45, 2.75) is 6.18 Å². The van der Waals surface area contributed by atoms with Crippen LogP contribution in [0.15, 0.2) is 60.9 Å². The van der Waals surface area contributed by atoms with Crippen LogP contribution >= 0.6 is 0 Å². The van der Waals surface area contributed by atoms with Gasteiger partial charge < -0.3 is 5.73 Å². The summed E-state index contributed by atoms with van der Waals surface area (Å²) in [4.78, 5) is 8.22. The number of alkyl halides is 3. The van der Waals surface area contributed by atoms with Crippen molar-refractivity contribution in [3.05, 3.63) is 66.5 Å². The van der Waals surface area contributed by atoms with Crippen LogP contribution in [0.1, 0.15) is 5.56 Å². The molecule has 3 aromatic rings. The fourth-order valence-corrected chi connectivity index (χ4v) is 2.25. The monoisotopic (exact) mass is 315 g/mol. The van der Waals surface area contributed by atoms with Gasteiger partial charge in [0.1, 0.15) is 6.33 Å². The summed E-state index contributed by atoms with van der Waals surface area (Å²) in [5, 5.41) is 0. The molecular formula is C17H12F3N3. The Balaban J connectivity index is 2.06. The highest BCUT2D eigenvalue weighted by Crippen LogP contribution is 2.32. The zero-order valence-electron chi connectivity index (χ0n) is 11.9. The van der Waals surface area contributed by atoms with E-state index in [1.54, 1.807) is 30.3 Å². The second kappa shape index (κ2) is 5.72. The number of halogens is 3. The minimum Gasteiger partial charge on any atom is -0.398 e. The Bertz CT molecular complexity index is 844. The van der Waals surface area contributed by atoms with Crippen LogP contribution in [0.4, 0.5) is 18.9 Å². The first-order valence-corrected chi connectivity index (χ1v) is 6.80. The molecule has 0 bridgehead atoms. The molecule has 2 N–H and O–H groups in total. The SMILES string of the molecule is Nc1ccccc1-c1cc(-c2cccc(C(F)(F)F)c2)ncn1. The molecule has 0 aliphatic rings. The number of hydrogen-bond donors (Lipinski definition) is 1. The number of anilines is 1. The van der Waals surface area contributed by atoms with Gasteiger partial charge in [-0.1, -0.05) is 30.3 Å². The molecule has 3 rings (SSSR count). The third-order valence-electron chi connectivity index (χ3n) is 3.39. The standard InChI is InChI=1S/C17H12F3N3/c18-17(19,20)12-5-3-4-11(8-12)15-9-16(23-10-22-15)13-6-1-2-7-14(13)21/h1-10H,21H2. The highest BCUT2D eigenvalue weighted by molar-refractivity contribution is 5.76. The maximum atomic E-state index is 12.8. The summed E-state index contributed by atoms with van der Waals surface area (Å²) < 4.78 is 38.5. The van der Waals surface area contributed by atoms with Gasteiger partial charge in [0.25, 0.3) is 0 Å². The van der Waals surface area contributed by atoms with Crippen molar-refractivity contribution < 1.29 is 13.2 Å². The van der Waals surface area contributed by atoms with E-state index < -0.39 is 11.7 Å². The van der Waals surface area contributed by atoms with Crippen molar-refractivity contribution in [1.82, 2.24) is 9.97 Å². The Labute approximate surface area is 130 Å². The van der Waals surface area contributed by atoms with Crippen molar-refractivity contribution in [2.75, 3.05) is 5.73 Å². The molecule has 0 aliphatic heterocycles. The lowest BCUT2D eigenvalue weighted by atomic mass is 10.0. The first-order chi connectivity index (χ1) is 10.9. The lowest BCUT2D eigenvalue weighted by Crippen LogP contribution is -2.04. The average Bonchev–Trinajstić information content (AvgIpc) is 2.55. The summed E-state index contributed by atoms with van der Waals surface area (Å²) in [5.41, 5.74) is 7.79. The smallest absolute Gasteiger partial charge is 0.398 e. The Morgan fingerprint density at radius 1 is 0.826 bits per heavy atom. The van der Waals surface area contributed by atoms with Crippen molar-refractivity contribution in [2.24, 2.45) is 0 Å². The van der Waals surface area contributed by atoms with Gasteiger partial charge in [-0.2, -0.15) is 13.2 Å². The second-order valence-corrected chi connectivity index (χ2v) is 4.95. The molecule has 0 radical (unpaired) electrons. The fraction of sp³-hybridized carbons (Fsp3) is 0.0588. The van der Waals surface area contributed by atoms with E-state index in [-0.39, 0.29) is 0 Å². The normalized spacial score (nSPS) is 11.4. The fourth-order valence-electron chi connectivity index (χ4n) is 2.25. The van der Waals surface area contributed by atoms with Crippen LogP contribution < -0.4 is 5.73 Å². The first kappa shape index (κ1) is 15.0. The van der Waals surface area contributed by atoms with Gasteiger partial charge in [0.15, 0.2) is 0 Å². The van der Waals surface area contributed by atoms with Gasteiger partial charge >= 0.3 is 6.18 Å². The minimum absolute atomic E-state index is 0.373. The summed E-state index contributed by atoms with van der Waals surface area (Å²) in [5.74, 6) is 0. The maximum Gasteiger partial charge on any atom is 0.416 e. The zero-order chi connectivity index (χ0) is 16.4. The summed E-state index contributed by atoms with van der Waals surface area (Å²) in [7, 11) is 0. The molecular weight excluding hydrogens is 303 g/mol. The highest BCUT2D eigenvalue weighted by atomic mass is 19.4. The van der Waals surface area contributed by atoms with Crippen LogP contribution in [0.3, 0.4) is 0 Å². The van der Waals surface area contributed by atoms with Crippen molar-refractivity contribution in [1.29, 1.82) is 0 Å². The van der Waals surface area contributed by atoms with E-state index in [0.29, 0.717) is 28.2 Å². The molecule has 1 aromatic heterocycles. The van der Waals surface area contributed by atoms with Crippen LogP contribution in [-0.2, 0) is 6.18 Å². The molecule has 0 unspecified atom stereocenters. The molecule has 0 spiro atoms. The molecule has 0 atom stereocenters. The Morgan fingerprint density at radius 2 is 1.57 bits per heavy atom. The van der Waals surface area contributed by atoms with E-state index in [0.717, 1.165) is 12.1 Å². The van der Waals surface area contributed by atoms with Crippen molar-refractivity contribution in [3.8, 4) is 22.5 Å². The molecule has 2 aromatic carbocycles. The number of aromatic nitrogens is 2. The molecule has 116 valence electrons. The highest BCUT2D eigenvalue weighted by Gasteiger charge is 2.30. The lowest BCUT2D eigenvalue weighted by Gasteiger charge is -2.09. The third kappa shape index (κ3) is 3.15. The van der Waals surface area contributed by atoms with Crippen LogP contribution in [-0.4, -0.2) is 9.97 Å². The minimum atomic E-state index is -4.39. The summed E-state index contributed by atoms with van der Waals surface area (Å²) in [6.45, 7) is 0. The Hall–Kier alpha value is -2.89. The van der Waals surface area contributed by atoms with Gasteiger partial charge in [-0.25, -0.2) is 9.97 Å². The van der Waals surface area contributed by atoms with E-state index in [9.17, 15) is 13.2 Å². The van der Waals surface area contributed by atoms with E-state index in [1.165, 1.54) is 12.4 Å². The first-order valence-electron chi connectivity index (χ1n) is 6.80. The predicted molar refractivity (Wildman–Crippen MR) is 82.3 cm³/mol. The number of para-hydroxylation sites is 1. The van der Waals surface area contributed by atoms with Crippen LogP contribution in [0, 0.1) is 0 Å². The second-order valence-electron chi connectivity index (χ2n) is 4.95. The number of benzene rings is 2. The van der Waals surface area contributed by atoms with Gasteiger partial charge in [-0.3, -0.25) is 0 Å². The summed E-state index contributed by atoms with van der Waals surface area (Å²) in [6, 6.07) is 13.8. The molecule has 23 heavy (non-hydrogen) atoms. The molecule has 0 fully saturated rings. The average molecular weight is 315 g/mol. The molecule has 0 aliphatic carbocycles. The molecule has 1 heterocycles. The van der Waals surface area contributed by atoms with Crippen LogP contribution in [0.5, 0.6) is 0 Å². The van der Waals surface area contributed by atoms with Crippen molar-refractivity contribution in [3.63, 3.8) is 0 Å². The van der Waals surface area contributed by atoms with Gasteiger partial charge in [-0.15, -0.1) is 0 Å². The Kier molecular flexibility index (Phi) is 3.73.